The molecular weight excluding hydrogens is 344 g/mol. The minimum atomic E-state index is -0.438. The molecule has 0 bridgehead atoms. The number of anilines is 2. The number of hydrogen-bond acceptors (Lipinski definition) is 7. The Labute approximate surface area is 155 Å². The second-order valence-electron chi connectivity index (χ2n) is 6.97. The molecule has 0 aliphatic carbocycles. The molecule has 27 heavy (non-hydrogen) atoms. The van der Waals surface area contributed by atoms with Gasteiger partial charge < -0.3 is 10.1 Å². The summed E-state index contributed by atoms with van der Waals surface area (Å²) in [5, 5.41) is 15.9. The molecule has 136 valence electrons. The Bertz CT molecular complexity index is 1160. The number of aryl methyl sites for hydroxylation is 1. The standard InChI is InChI=1S/C18H18N8O/c1-18(2)13-8-11(9-15-23-24-16(10-27-18)26(13)15)12-4-6-19-17(21-12)22-14-5-7-20-25(14)3/h4-9H,10H2,1-3H3,(H,19,21,22). The van der Waals surface area contributed by atoms with Gasteiger partial charge in [-0.3, -0.25) is 9.08 Å². The van der Waals surface area contributed by atoms with E-state index < -0.39 is 5.60 Å². The first-order chi connectivity index (χ1) is 13.0. The van der Waals surface area contributed by atoms with Crippen molar-refractivity contribution >= 4 is 17.4 Å². The van der Waals surface area contributed by atoms with Crippen LogP contribution in [0.3, 0.4) is 0 Å². The lowest BCUT2D eigenvalue weighted by Crippen LogP contribution is -2.30. The van der Waals surface area contributed by atoms with Crippen molar-refractivity contribution in [1.82, 2.24) is 34.3 Å². The summed E-state index contributed by atoms with van der Waals surface area (Å²) in [6.45, 7) is 4.54. The zero-order valence-corrected chi connectivity index (χ0v) is 15.2. The predicted octanol–water partition coefficient (Wildman–Crippen LogP) is 2.43. The van der Waals surface area contributed by atoms with E-state index in [1.807, 2.05) is 39.1 Å². The second-order valence-corrected chi connectivity index (χ2v) is 6.97. The molecule has 1 N–H and O–H groups in total. The molecule has 0 radical (unpaired) electrons. The van der Waals surface area contributed by atoms with E-state index in [1.54, 1.807) is 17.1 Å². The largest absolute Gasteiger partial charge is 0.361 e. The monoisotopic (exact) mass is 362 g/mol. The molecule has 9 nitrogen and oxygen atoms in total. The second kappa shape index (κ2) is 5.58. The lowest BCUT2D eigenvalue weighted by Gasteiger charge is -2.31. The van der Waals surface area contributed by atoms with Gasteiger partial charge in [0.15, 0.2) is 11.5 Å². The van der Waals surface area contributed by atoms with E-state index >= 15 is 0 Å². The fraction of sp³-hybridized carbons (Fsp3) is 0.278. The SMILES string of the molecule is Cn1nccc1Nc1nccc(-c2cc3n4c(nnc4c2)COC3(C)C)n1. The number of aromatic nitrogens is 7. The van der Waals surface area contributed by atoms with E-state index in [1.165, 1.54) is 0 Å². The molecule has 4 aromatic rings. The first kappa shape index (κ1) is 15.9. The first-order valence-corrected chi connectivity index (χ1v) is 8.62. The van der Waals surface area contributed by atoms with E-state index in [9.17, 15) is 0 Å². The predicted molar refractivity (Wildman–Crippen MR) is 98.3 cm³/mol. The summed E-state index contributed by atoms with van der Waals surface area (Å²) < 4.78 is 9.74. The van der Waals surface area contributed by atoms with Crippen molar-refractivity contribution in [2.75, 3.05) is 5.32 Å². The van der Waals surface area contributed by atoms with Gasteiger partial charge in [-0.1, -0.05) is 0 Å². The molecule has 1 aliphatic heterocycles. The Balaban J connectivity index is 1.60. The van der Waals surface area contributed by atoms with Gasteiger partial charge in [-0.2, -0.15) is 5.10 Å². The molecule has 0 fully saturated rings. The van der Waals surface area contributed by atoms with Crippen molar-refractivity contribution in [1.29, 1.82) is 0 Å². The smallest absolute Gasteiger partial charge is 0.228 e. The lowest BCUT2D eigenvalue weighted by molar-refractivity contribution is -0.0521. The van der Waals surface area contributed by atoms with Gasteiger partial charge in [0.05, 0.1) is 17.6 Å². The van der Waals surface area contributed by atoms with Crippen LogP contribution in [0, 0.1) is 0 Å². The van der Waals surface area contributed by atoms with Crippen LogP contribution in [0.15, 0.2) is 36.7 Å². The molecule has 0 saturated heterocycles. The fourth-order valence-corrected chi connectivity index (χ4v) is 3.27. The third-order valence-electron chi connectivity index (χ3n) is 4.76. The van der Waals surface area contributed by atoms with Gasteiger partial charge in [0.1, 0.15) is 18.0 Å². The van der Waals surface area contributed by atoms with E-state index in [2.05, 4.69) is 41.0 Å². The van der Waals surface area contributed by atoms with E-state index in [0.29, 0.717) is 12.6 Å². The van der Waals surface area contributed by atoms with Gasteiger partial charge in [0, 0.05) is 24.9 Å². The van der Waals surface area contributed by atoms with Crippen molar-refractivity contribution in [3.63, 3.8) is 0 Å². The molecule has 5 heterocycles. The minimum Gasteiger partial charge on any atom is -0.361 e. The first-order valence-electron chi connectivity index (χ1n) is 8.62. The summed E-state index contributed by atoms with van der Waals surface area (Å²) >= 11 is 0. The van der Waals surface area contributed by atoms with Gasteiger partial charge in [-0.15, -0.1) is 10.2 Å². The molecule has 4 aromatic heterocycles. The molecule has 0 atom stereocenters. The highest BCUT2D eigenvalue weighted by atomic mass is 16.5. The number of ether oxygens (including phenoxy) is 1. The summed E-state index contributed by atoms with van der Waals surface area (Å²) in [5.41, 5.74) is 3.08. The van der Waals surface area contributed by atoms with Crippen molar-refractivity contribution in [2.24, 2.45) is 7.05 Å². The molecular formula is C18H18N8O. The molecule has 0 spiro atoms. The van der Waals surface area contributed by atoms with E-state index in [-0.39, 0.29) is 0 Å². The minimum absolute atomic E-state index is 0.438. The Kier molecular flexibility index (Phi) is 3.28. The molecule has 0 amide bonds. The van der Waals surface area contributed by atoms with Crippen molar-refractivity contribution in [3.8, 4) is 11.3 Å². The van der Waals surface area contributed by atoms with Gasteiger partial charge in [0.25, 0.3) is 0 Å². The van der Waals surface area contributed by atoms with Crippen LogP contribution in [0.4, 0.5) is 11.8 Å². The van der Waals surface area contributed by atoms with Crippen LogP contribution in [0.5, 0.6) is 0 Å². The fourth-order valence-electron chi connectivity index (χ4n) is 3.27. The maximum Gasteiger partial charge on any atom is 0.228 e. The normalized spacial score (nSPS) is 15.2. The average Bonchev–Trinajstić information content (AvgIpc) is 3.25. The van der Waals surface area contributed by atoms with Crippen molar-refractivity contribution in [3.05, 3.63) is 48.2 Å². The molecule has 0 saturated carbocycles. The highest BCUT2D eigenvalue weighted by molar-refractivity contribution is 5.67. The summed E-state index contributed by atoms with van der Waals surface area (Å²) in [4.78, 5) is 8.96. The summed E-state index contributed by atoms with van der Waals surface area (Å²) in [6.07, 6.45) is 3.45. The maximum absolute atomic E-state index is 5.96. The topological polar surface area (TPSA) is 95.1 Å². The van der Waals surface area contributed by atoms with Gasteiger partial charge >= 0.3 is 0 Å². The van der Waals surface area contributed by atoms with Crippen LogP contribution >= 0.6 is 0 Å². The Morgan fingerprint density at radius 2 is 2.04 bits per heavy atom. The van der Waals surface area contributed by atoms with Crippen LogP contribution in [0.25, 0.3) is 16.9 Å². The highest BCUT2D eigenvalue weighted by Gasteiger charge is 2.31. The van der Waals surface area contributed by atoms with Gasteiger partial charge in [-0.25, -0.2) is 9.97 Å². The quantitative estimate of drug-likeness (QED) is 0.598. The maximum atomic E-state index is 5.96. The van der Waals surface area contributed by atoms with Crippen molar-refractivity contribution in [2.45, 2.75) is 26.1 Å². The number of nitrogens with one attached hydrogen (secondary N) is 1. The van der Waals surface area contributed by atoms with Gasteiger partial charge in [-0.05, 0) is 32.0 Å². The van der Waals surface area contributed by atoms with E-state index in [0.717, 1.165) is 34.2 Å². The molecule has 0 aromatic carbocycles. The Morgan fingerprint density at radius 3 is 2.85 bits per heavy atom. The number of hydrogen-bond donors (Lipinski definition) is 1. The van der Waals surface area contributed by atoms with Gasteiger partial charge in [0.2, 0.25) is 5.95 Å². The average molecular weight is 362 g/mol. The summed E-state index contributed by atoms with van der Waals surface area (Å²) in [7, 11) is 1.86. The molecule has 5 rings (SSSR count). The molecule has 1 aliphatic rings. The molecule has 0 unspecified atom stereocenters. The summed E-state index contributed by atoms with van der Waals surface area (Å²) in [5.74, 6) is 2.13. The zero-order chi connectivity index (χ0) is 18.6. The third kappa shape index (κ3) is 2.55. The van der Waals surface area contributed by atoms with Crippen LogP contribution in [0.2, 0.25) is 0 Å². The zero-order valence-electron chi connectivity index (χ0n) is 15.2. The van der Waals surface area contributed by atoms with Crippen LogP contribution < -0.4 is 5.32 Å². The lowest BCUT2D eigenvalue weighted by atomic mass is 9.99. The van der Waals surface area contributed by atoms with Crippen LogP contribution in [-0.4, -0.2) is 34.3 Å². The van der Waals surface area contributed by atoms with Crippen LogP contribution in [0.1, 0.15) is 25.4 Å². The number of rotatable bonds is 3. The van der Waals surface area contributed by atoms with E-state index in [4.69, 9.17) is 4.74 Å². The number of nitrogens with zero attached hydrogens (tertiary/aromatic N) is 7. The highest BCUT2D eigenvalue weighted by Crippen LogP contribution is 2.34. The Morgan fingerprint density at radius 1 is 1.15 bits per heavy atom. The van der Waals surface area contributed by atoms with Crippen molar-refractivity contribution < 1.29 is 4.74 Å². The number of pyridine rings is 1. The van der Waals surface area contributed by atoms with Crippen LogP contribution in [-0.2, 0) is 24.0 Å². The summed E-state index contributed by atoms with van der Waals surface area (Å²) in [6, 6.07) is 7.80. The molecule has 9 heteroatoms. The Hall–Kier alpha value is -3.33. The third-order valence-corrected chi connectivity index (χ3v) is 4.76.